The monoisotopic (exact) mass is 802 g/mol. The first kappa shape index (κ1) is 37.2. The minimum absolute atomic E-state index is 0.0303. The SMILES string of the molecule is C=C(F)F.CNC(=O)c1nn2c(c1Br)CN(c1nc(OCC34CCCN3CCC4)nc3c1COC(c1cc(N)cc(Cl)c1C(F)(F)F)C3)CCC2. The van der Waals surface area contributed by atoms with Gasteiger partial charge in [0, 0.05) is 37.8 Å². The van der Waals surface area contributed by atoms with Crippen molar-refractivity contribution in [1.82, 2.24) is 30.0 Å². The average Bonchev–Trinajstić information content (AvgIpc) is 3.68. The molecule has 3 aromatic rings. The first-order valence-electron chi connectivity index (χ1n) is 16.5. The molecule has 11 nitrogen and oxygen atoms in total. The molecule has 4 aliphatic rings. The summed E-state index contributed by atoms with van der Waals surface area (Å²) in [4.78, 5) is 26.8. The quantitative estimate of drug-likeness (QED) is 0.208. The van der Waals surface area contributed by atoms with Gasteiger partial charge in [0.15, 0.2) is 5.69 Å². The molecule has 0 aliphatic carbocycles. The number of hydrogen-bond donors (Lipinski definition) is 2. The number of nitrogens with two attached hydrogens (primary N) is 1. The van der Waals surface area contributed by atoms with E-state index in [0.717, 1.165) is 50.5 Å². The number of carbonyl (C=O) groups excluding carboxylic acids is 1. The maximum absolute atomic E-state index is 14.2. The number of nitrogens with zero attached hydrogens (tertiary/aromatic N) is 6. The molecular formula is C33H37BrClF5N8O3. The van der Waals surface area contributed by atoms with Crippen LogP contribution in [0.15, 0.2) is 29.3 Å². The Balaban J connectivity index is 0.00000107. The van der Waals surface area contributed by atoms with Gasteiger partial charge >= 0.3 is 12.2 Å². The summed E-state index contributed by atoms with van der Waals surface area (Å²) in [6.07, 6.45) is -2.50. The minimum Gasteiger partial charge on any atom is -0.461 e. The van der Waals surface area contributed by atoms with Gasteiger partial charge in [0.2, 0.25) is 0 Å². The van der Waals surface area contributed by atoms with Gasteiger partial charge in [-0.3, -0.25) is 14.4 Å². The Bertz CT molecular complexity index is 1810. The second-order valence-corrected chi connectivity index (χ2v) is 14.2. The molecule has 51 heavy (non-hydrogen) atoms. The van der Waals surface area contributed by atoms with E-state index in [2.05, 4.69) is 42.7 Å². The lowest BCUT2D eigenvalue weighted by Gasteiger charge is -2.33. The van der Waals surface area contributed by atoms with Crippen molar-refractivity contribution in [1.29, 1.82) is 0 Å². The number of nitrogens with one attached hydrogen (secondary N) is 1. The number of nitrogen functional groups attached to an aromatic ring is 1. The van der Waals surface area contributed by atoms with Crippen LogP contribution >= 0.6 is 27.5 Å². The zero-order valence-corrected chi connectivity index (χ0v) is 30.1. The Morgan fingerprint density at radius 2 is 1.88 bits per heavy atom. The van der Waals surface area contributed by atoms with Crippen molar-refractivity contribution in [2.24, 2.45) is 0 Å². The molecule has 276 valence electrons. The third-order valence-electron chi connectivity index (χ3n) is 9.79. The molecule has 0 saturated carbocycles. The van der Waals surface area contributed by atoms with Gasteiger partial charge in [-0.1, -0.05) is 11.6 Å². The number of aromatic nitrogens is 4. The van der Waals surface area contributed by atoms with Crippen LogP contribution < -0.4 is 20.7 Å². The molecule has 3 N–H and O–H groups in total. The molecule has 7 rings (SSSR count). The maximum atomic E-state index is 14.2. The van der Waals surface area contributed by atoms with Gasteiger partial charge in [0.25, 0.3) is 12.0 Å². The number of alkyl halides is 3. The molecule has 6 heterocycles. The lowest BCUT2D eigenvalue weighted by Crippen LogP contribution is -2.43. The minimum atomic E-state index is -4.71. The van der Waals surface area contributed by atoms with E-state index in [-0.39, 0.29) is 41.7 Å². The fourth-order valence-electron chi connectivity index (χ4n) is 7.55. The topological polar surface area (TPSA) is 124 Å². The highest BCUT2D eigenvalue weighted by Gasteiger charge is 2.45. The van der Waals surface area contributed by atoms with Gasteiger partial charge in [0.05, 0.1) is 51.2 Å². The number of halogens is 7. The van der Waals surface area contributed by atoms with Crippen molar-refractivity contribution in [3.63, 3.8) is 0 Å². The number of aryl methyl sites for hydroxylation is 1. The summed E-state index contributed by atoms with van der Waals surface area (Å²) in [5.41, 5.74) is 7.23. The second-order valence-electron chi connectivity index (χ2n) is 13.0. The first-order chi connectivity index (χ1) is 24.2. The molecule has 1 atom stereocenters. The van der Waals surface area contributed by atoms with Gasteiger partial charge in [-0.25, -0.2) is 0 Å². The predicted octanol–water partition coefficient (Wildman–Crippen LogP) is 6.68. The number of anilines is 2. The fraction of sp³-hybridized carbons (Fsp3) is 0.515. The Hall–Kier alpha value is -3.54. The number of hydrogen-bond acceptors (Lipinski definition) is 9. The summed E-state index contributed by atoms with van der Waals surface area (Å²) >= 11 is 9.68. The molecule has 2 saturated heterocycles. The lowest BCUT2D eigenvalue weighted by atomic mass is 9.94. The summed E-state index contributed by atoms with van der Waals surface area (Å²) < 4.78 is 77.9. The van der Waals surface area contributed by atoms with Crippen LogP contribution in [-0.4, -0.2) is 69.4 Å². The molecule has 0 spiro atoms. The normalized spacial score (nSPS) is 19.7. The largest absolute Gasteiger partial charge is 0.461 e. The Morgan fingerprint density at radius 3 is 2.55 bits per heavy atom. The summed E-state index contributed by atoms with van der Waals surface area (Å²) in [5, 5.41) is 6.68. The number of rotatable bonds is 6. The van der Waals surface area contributed by atoms with Crippen molar-refractivity contribution < 1.29 is 36.2 Å². The van der Waals surface area contributed by atoms with Crippen LogP contribution in [0, 0.1) is 0 Å². The molecule has 4 aliphatic heterocycles. The Morgan fingerprint density at radius 1 is 1.18 bits per heavy atom. The van der Waals surface area contributed by atoms with E-state index in [4.69, 9.17) is 36.8 Å². The van der Waals surface area contributed by atoms with E-state index >= 15 is 0 Å². The predicted molar refractivity (Wildman–Crippen MR) is 183 cm³/mol. The zero-order chi connectivity index (χ0) is 36.7. The van der Waals surface area contributed by atoms with Crippen LogP contribution in [0.2, 0.25) is 5.02 Å². The van der Waals surface area contributed by atoms with E-state index in [1.54, 1.807) is 7.05 Å². The van der Waals surface area contributed by atoms with Crippen LogP contribution in [0.4, 0.5) is 33.5 Å². The molecule has 1 aromatic carbocycles. The summed E-state index contributed by atoms with van der Waals surface area (Å²) in [6, 6.07) is 2.55. The van der Waals surface area contributed by atoms with Crippen molar-refractivity contribution in [3.8, 4) is 6.01 Å². The average molecular weight is 804 g/mol. The van der Waals surface area contributed by atoms with Gasteiger partial charge in [-0.2, -0.15) is 37.0 Å². The van der Waals surface area contributed by atoms with Crippen LogP contribution in [0.5, 0.6) is 6.01 Å². The molecule has 18 heteroatoms. The summed E-state index contributed by atoms with van der Waals surface area (Å²) in [6.45, 7) is 6.27. The van der Waals surface area contributed by atoms with Gasteiger partial charge in [-0.05, 0) is 85.4 Å². The number of ether oxygens (including phenoxy) is 2. The van der Waals surface area contributed by atoms with Crippen molar-refractivity contribution >= 4 is 44.9 Å². The van der Waals surface area contributed by atoms with Crippen molar-refractivity contribution in [3.05, 3.63) is 68.1 Å². The smallest absolute Gasteiger partial charge is 0.418 e. The summed E-state index contributed by atoms with van der Waals surface area (Å²) in [5.74, 6) is 0.283. The molecular weight excluding hydrogens is 767 g/mol. The van der Waals surface area contributed by atoms with E-state index in [0.29, 0.717) is 59.9 Å². The highest BCUT2D eigenvalue weighted by molar-refractivity contribution is 9.10. The maximum Gasteiger partial charge on any atom is 0.418 e. The number of fused-ring (bicyclic) bond motifs is 3. The fourth-order valence-corrected chi connectivity index (χ4v) is 8.48. The van der Waals surface area contributed by atoms with Crippen LogP contribution in [0.25, 0.3) is 0 Å². The molecule has 2 aromatic heterocycles. The standard InChI is InChI=1S/C31H35BrClF3N8O3.C2H2F2/c1-38-28(45)26-25(32)22-14-42(7-4-10-44(22)41-26)27-19-15-46-23(18-11-17(37)12-20(33)24(18)31(34,35)36)13-21(19)39-29(40-27)47-16-30-5-2-8-43(30)9-3-6-30;1-2(3)4/h11-12,23H,2-10,13-16,37H2,1H3,(H,38,45);1H2. The van der Waals surface area contributed by atoms with Crippen molar-refractivity contribution in [2.45, 2.75) is 76.0 Å². The van der Waals surface area contributed by atoms with Crippen LogP contribution in [0.1, 0.15) is 76.8 Å². The lowest BCUT2D eigenvalue weighted by molar-refractivity contribution is -0.139. The van der Waals surface area contributed by atoms with Crippen molar-refractivity contribution in [2.75, 3.05) is 43.9 Å². The molecule has 0 radical (unpaired) electrons. The van der Waals surface area contributed by atoms with Gasteiger partial charge in [0.1, 0.15) is 12.4 Å². The van der Waals surface area contributed by atoms with E-state index in [9.17, 15) is 26.7 Å². The number of carbonyl (C=O) groups is 1. The molecule has 2 fully saturated rings. The second kappa shape index (κ2) is 14.8. The highest BCUT2D eigenvalue weighted by atomic mass is 79.9. The number of benzene rings is 1. The van der Waals surface area contributed by atoms with Crippen LogP contribution in [-0.2, 0) is 37.0 Å². The van der Waals surface area contributed by atoms with E-state index < -0.39 is 28.9 Å². The highest BCUT2D eigenvalue weighted by Crippen LogP contribution is 2.45. The molecule has 1 unspecified atom stereocenters. The molecule has 0 bridgehead atoms. The van der Waals surface area contributed by atoms with Gasteiger partial charge in [-0.15, -0.1) is 0 Å². The summed E-state index contributed by atoms with van der Waals surface area (Å²) in [7, 11) is 1.55. The van der Waals surface area contributed by atoms with E-state index in [1.807, 2.05) is 4.68 Å². The third kappa shape index (κ3) is 7.66. The Kier molecular flexibility index (Phi) is 10.8. The third-order valence-corrected chi connectivity index (χ3v) is 10.9. The Labute approximate surface area is 304 Å². The first-order valence-corrected chi connectivity index (χ1v) is 17.7. The number of amides is 1. The molecule has 1 amide bonds. The van der Waals surface area contributed by atoms with Gasteiger partial charge < -0.3 is 25.4 Å². The van der Waals surface area contributed by atoms with E-state index in [1.165, 1.54) is 6.07 Å². The zero-order valence-electron chi connectivity index (χ0n) is 27.8. The van der Waals surface area contributed by atoms with Crippen LogP contribution in [0.3, 0.4) is 0 Å².